The van der Waals surface area contributed by atoms with E-state index in [1.54, 1.807) is 37.7 Å². The number of halogens is 1. The number of imidazole rings is 1. The van der Waals surface area contributed by atoms with Crippen LogP contribution in [0.1, 0.15) is 28.8 Å². The summed E-state index contributed by atoms with van der Waals surface area (Å²) in [6.45, 7) is 1.89. The van der Waals surface area contributed by atoms with Gasteiger partial charge in [-0.25, -0.2) is 4.98 Å². The van der Waals surface area contributed by atoms with Crippen molar-refractivity contribution in [1.29, 1.82) is 0 Å². The SMILES string of the molecule is COc1cc(N2CCC(O)CC2)ccc1Nc1nc(Nc2cccc(C(=O)NCc3ccccc3Cl)c2)c2[nH]cnc2n1. The molecule has 1 fully saturated rings. The molecule has 1 amide bonds. The number of aromatic amines is 1. The maximum Gasteiger partial charge on any atom is 0.251 e. The molecular weight excluding hydrogens is 568 g/mol. The van der Waals surface area contributed by atoms with Crippen molar-refractivity contribution in [2.75, 3.05) is 35.7 Å². The molecule has 12 heteroatoms. The largest absolute Gasteiger partial charge is 0.494 e. The summed E-state index contributed by atoms with van der Waals surface area (Å²) in [6, 6.07) is 20.4. The lowest BCUT2D eigenvalue weighted by molar-refractivity contribution is 0.0951. The van der Waals surface area contributed by atoms with Crippen molar-refractivity contribution in [2.24, 2.45) is 0 Å². The fourth-order valence-corrected chi connectivity index (χ4v) is 5.20. The van der Waals surface area contributed by atoms with Gasteiger partial charge in [-0.1, -0.05) is 35.9 Å². The molecule has 0 saturated carbocycles. The van der Waals surface area contributed by atoms with Crippen molar-refractivity contribution in [3.8, 4) is 5.75 Å². The summed E-state index contributed by atoms with van der Waals surface area (Å²) in [6.07, 6.45) is 2.80. The Morgan fingerprint density at radius 2 is 1.91 bits per heavy atom. The number of piperidine rings is 1. The molecular formula is C31H31ClN8O3. The Hall–Kier alpha value is -4.87. The fourth-order valence-electron chi connectivity index (χ4n) is 5.00. The summed E-state index contributed by atoms with van der Waals surface area (Å²) in [5.41, 5.74) is 4.80. The van der Waals surface area contributed by atoms with E-state index in [2.05, 4.69) is 35.8 Å². The second-order valence-corrected chi connectivity index (χ2v) is 10.6. The highest BCUT2D eigenvalue weighted by Crippen LogP contribution is 2.33. The number of aliphatic hydroxyl groups is 1. The number of hydrogen-bond acceptors (Lipinski definition) is 9. The van der Waals surface area contributed by atoms with Gasteiger partial charge >= 0.3 is 0 Å². The number of nitrogens with one attached hydrogen (secondary N) is 4. The van der Waals surface area contributed by atoms with E-state index in [1.165, 1.54) is 0 Å². The molecule has 0 atom stereocenters. The monoisotopic (exact) mass is 598 g/mol. The average Bonchev–Trinajstić information content (AvgIpc) is 3.50. The summed E-state index contributed by atoms with van der Waals surface area (Å²) >= 11 is 6.23. The number of rotatable bonds is 9. The van der Waals surface area contributed by atoms with Crippen LogP contribution in [0.25, 0.3) is 11.2 Å². The Morgan fingerprint density at radius 3 is 2.72 bits per heavy atom. The Kier molecular flexibility index (Phi) is 8.25. The lowest BCUT2D eigenvalue weighted by Crippen LogP contribution is -2.35. The van der Waals surface area contributed by atoms with Gasteiger partial charge in [0.05, 0.1) is 25.2 Å². The number of benzene rings is 3. The van der Waals surface area contributed by atoms with Crippen LogP contribution >= 0.6 is 11.6 Å². The van der Waals surface area contributed by atoms with Crippen LogP contribution in [0.5, 0.6) is 5.75 Å². The Bertz CT molecular complexity index is 1750. The van der Waals surface area contributed by atoms with Crippen molar-refractivity contribution in [3.05, 3.63) is 89.2 Å². The number of nitrogens with zero attached hydrogens (tertiary/aromatic N) is 4. The molecule has 6 rings (SSSR count). The topological polar surface area (TPSA) is 140 Å². The van der Waals surface area contributed by atoms with Gasteiger partial charge in [-0.3, -0.25) is 4.79 Å². The third-order valence-electron chi connectivity index (χ3n) is 7.33. The predicted octanol–water partition coefficient (Wildman–Crippen LogP) is 5.39. The van der Waals surface area contributed by atoms with E-state index in [1.807, 2.05) is 42.5 Å². The number of amides is 1. The molecule has 220 valence electrons. The highest BCUT2D eigenvalue weighted by Gasteiger charge is 2.19. The standard InChI is InChI=1S/C31H31ClN8O3/c1-43-26-16-22(40-13-11-23(41)12-14-40)9-10-25(26)37-31-38-28-27(34-18-35-28)29(39-31)36-21-7-4-6-19(15-21)30(42)33-17-20-5-2-3-8-24(20)32/h2-10,15-16,18,23,41H,11-14,17H2,1H3,(H,33,42)(H3,34,35,36,37,38,39). The predicted molar refractivity (Wildman–Crippen MR) is 168 cm³/mol. The Labute approximate surface area is 253 Å². The van der Waals surface area contributed by atoms with Crippen molar-refractivity contribution in [1.82, 2.24) is 25.3 Å². The molecule has 43 heavy (non-hydrogen) atoms. The normalized spacial score (nSPS) is 13.6. The maximum atomic E-state index is 12.9. The molecule has 2 aromatic heterocycles. The average molecular weight is 599 g/mol. The van der Waals surface area contributed by atoms with E-state index in [4.69, 9.17) is 21.3 Å². The van der Waals surface area contributed by atoms with E-state index in [0.29, 0.717) is 57.2 Å². The third-order valence-corrected chi connectivity index (χ3v) is 7.70. The molecule has 1 saturated heterocycles. The summed E-state index contributed by atoms with van der Waals surface area (Å²) in [5.74, 6) is 1.22. The van der Waals surface area contributed by atoms with E-state index in [9.17, 15) is 9.90 Å². The van der Waals surface area contributed by atoms with Crippen LogP contribution in [0.4, 0.5) is 28.8 Å². The van der Waals surface area contributed by atoms with Crippen molar-refractivity contribution < 1.29 is 14.6 Å². The molecule has 1 aliphatic rings. The molecule has 5 aromatic rings. The number of carbonyl (C=O) groups excluding carboxylic acids is 1. The zero-order valence-electron chi connectivity index (χ0n) is 23.5. The highest BCUT2D eigenvalue weighted by atomic mass is 35.5. The van der Waals surface area contributed by atoms with Crippen LogP contribution in [0.2, 0.25) is 5.02 Å². The second-order valence-electron chi connectivity index (χ2n) is 10.2. The van der Waals surface area contributed by atoms with Gasteiger partial charge in [0.1, 0.15) is 11.3 Å². The zero-order valence-corrected chi connectivity index (χ0v) is 24.2. The first kappa shape index (κ1) is 28.3. The van der Waals surface area contributed by atoms with Crippen LogP contribution in [0.3, 0.4) is 0 Å². The molecule has 1 aliphatic heterocycles. The van der Waals surface area contributed by atoms with E-state index in [-0.39, 0.29) is 12.0 Å². The van der Waals surface area contributed by atoms with Crippen molar-refractivity contribution in [3.63, 3.8) is 0 Å². The van der Waals surface area contributed by atoms with Gasteiger partial charge in [0.15, 0.2) is 11.5 Å². The van der Waals surface area contributed by atoms with Gasteiger partial charge in [-0.05, 0) is 54.8 Å². The third kappa shape index (κ3) is 6.47. The van der Waals surface area contributed by atoms with Crippen LogP contribution in [0.15, 0.2) is 73.1 Å². The lowest BCUT2D eigenvalue weighted by Gasteiger charge is -2.31. The van der Waals surface area contributed by atoms with Gasteiger partial charge in [-0.2, -0.15) is 9.97 Å². The minimum Gasteiger partial charge on any atom is -0.494 e. The van der Waals surface area contributed by atoms with Gasteiger partial charge in [0.25, 0.3) is 5.91 Å². The minimum atomic E-state index is -0.241. The quantitative estimate of drug-likeness (QED) is 0.151. The summed E-state index contributed by atoms with van der Waals surface area (Å²) in [4.78, 5) is 31.8. The fraction of sp³-hybridized carbons (Fsp3) is 0.226. The van der Waals surface area contributed by atoms with Crippen LogP contribution < -0.4 is 25.6 Å². The number of aliphatic hydroxyl groups excluding tert-OH is 1. The zero-order chi connectivity index (χ0) is 29.8. The summed E-state index contributed by atoms with van der Waals surface area (Å²) in [5, 5.41) is 19.9. The molecule has 0 radical (unpaired) electrons. The molecule has 0 unspecified atom stereocenters. The number of aromatic nitrogens is 4. The molecule has 5 N–H and O–H groups in total. The first-order valence-corrected chi connectivity index (χ1v) is 14.3. The van der Waals surface area contributed by atoms with Crippen molar-refractivity contribution in [2.45, 2.75) is 25.5 Å². The molecule has 0 spiro atoms. The summed E-state index contributed by atoms with van der Waals surface area (Å²) in [7, 11) is 1.62. The Balaban J connectivity index is 1.20. The van der Waals surface area contributed by atoms with Crippen molar-refractivity contribution >= 4 is 57.5 Å². The van der Waals surface area contributed by atoms with Gasteiger partial charge in [-0.15, -0.1) is 0 Å². The second kappa shape index (κ2) is 12.6. The highest BCUT2D eigenvalue weighted by molar-refractivity contribution is 6.31. The first-order valence-electron chi connectivity index (χ1n) is 13.9. The number of hydrogen-bond donors (Lipinski definition) is 5. The molecule has 0 bridgehead atoms. The van der Waals surface area contributed by atoms with E-state index >= 15 is 0 Å². The minimum absolute atomic E-state index is 0.225. The van der Waals surface area contributed by atoms with Crippen LogP contribution in [-0.4, -0.2) is 57.3 Å². The van der Waals surface area contributed by atoms with Gasteiger partial charge in [0.2, 0.25) is 5.95 Å². The number of methoxy groups -OCH3 is 1. The maximum absolute atomic E-state index is 12.9. The number of H-pyrrole nitrogens is 1. The van der Waals surface area contributed by atoms with Gasteiger partial charge in [0, 0.05) is 47.7 Å². The Morgan fingerprint density at radius 1 is 1.07 bits per heavy atom. The summed E-state index contributed by atoms with van der Waals surface area (Å²) < 4.78 is 5.68. The van der Waals surface area contributed by atoms with E-state index in [0.717, 1.165) is 37.2 Å². The first-order chi connectivity index (χ1) is 21.0. The molecule has 0 aliphatic carbocycles. The van der Waals surface area contributed by atoms with Gasteiger partial charge < -0.3 is 35.7 Å². The molecule has 11 nitrogen and oxygen atoms in total. The smallest absolute Gasteiger partial charge is 0.251 e. The number of carbonyl (C=O) groups is 1. The van der Waals surface area contributed by atoms with E-state index < -0.39 is 0 Å². The number of fused-ring (bicyclic) bond motifs is 1. The van der Waals surface area contributed by atoms with Crippen LogP contribution in [-0.2, 0) is 6.54 Å². The number of ether oxygens (including phenoxy) is 1. The number of anilines is 5. The molecule has 3 heterocycles. The lowest BCUT2D eigenvalue weighted by atomic mass is 10.1. The van der Waals surface area contributed by atoms with Crippen LogP contribution in [0, 0.1) is 0 Å². The molecule has 3 aromatic carbocycles.